The zero-order valence-electron chi connectivity index (χ0n) is 4.46. The Morgan fingerprint density at radius 1 is 1.62 bits per heavy atom. The van der Waals surface area contributed by atoms with Crippen LogP contribution in [0.15, 0.2) is 12.3 Å². The van der Waals surface area contributed by atoms with E-state index in [1.165, 1.54) is 5.35 Å². The van der Waals surface area contributed by atoms with Gasteiger partial charge in [-0.05, 0) is 0 Å². The molecule has 2 nitrogen and oxygen atoms in total. The van der Waals surface area contributed by atoms with Crippen LogP contribution in [0.25, 0.3) is 6.08 Å². The maximum Gasteiger partial charge on any atom is 0.233 e. The molecule has 0 fully saturated rings. The molecule has 2 rings (SSSR count). The molecule has 0 saturated heterocycles. The molecule has 0 radical (unpaired) electrons. The highest BCUT2D eigenvalue weighted by atomic mass is 15.2. The standard InChI is InChI=1S/C6H7N2/c1-2-6-3-4-7-8(6)5-1/h2-5,7H,1H2/q+1. The Hall–Kier alpha value is -1.05. The second-order valence-corrected chi connectivity index (χ2v) is 1.88. The van der Waals surface area contributed by atoms with Crippen molar-refractivity contribution in [2.24, 2.45) is 0 Å². The monoisotopic (exact) mass is 107 g/mol. The Balaban J connectivity index is 3.08. The molecule has 8 heavy (non-hydrogen) atoms. The van der Waals surface area contributed by atoms with Gasteiger partial charge in [-0.1, -0.05) is 4.36 Å². The molecular formula is C6H7N2+. The summed E-state index contributed by atoms with van der Waals surface area (Å²) in [5.41, 5.74) is 0. The summed E-state index contributed by atoms with van der Waals surface area (Å²) in [7, 11) is 0. The van der Waals surface area contributed by atoms with Gasteiger partial charge < -0.3 is 0 Å². The number of hydrogen-bond donors (Lipinski definition) is 1. The third-order valence-corrected chi connectivity index (χ3v) is 1.36. The Kier molecular flexibility index (Phi) is 0.592. The Bertz CT molecular complexity index is 266. The number of hydrogen-bond acceptors (Lipinski definition) is 0. The van der Waals surface area contributed by atoms with E-state index in [2.05, 4.69) is 23.5 Å². The number of aromatic nitrogens is 2. The van der Waals surface area contributed by atoms with E-state index in [1.54, 1.807) is 0 Å². The van der Waals surface area contributed by atoms with Crippen LogP contribution in [0, 0.1) is 6.21 Å². The van der Waals surface area contributed by atoms with Crippen molar-refractivity contribution in [1.82, 2.24) is 5.10 Å². The van der Waals surface area contributed by atoms with Crippen LogP contribution in [0.1, 0.15) is 6.42 Å². The van der Waals surface area contributed by atoms with E-state index in [1.807, 2.05) is 10.6 Å². The second kappa shape index (κ2) is 1.22. The van der Waals surface area contributed by atoms with Crippen LogP contribution in [0.3, 0.4) is 0 Å². The average molecular weight is 107 g/mol. The molecule has 0 unspecified atom stereocenters. The number of fused-ring (bicyclic) bond motifs is 1. The Morgan fingerprint density at radius 3 is 3.50 bits per heavy atom. The first-order valence-corrected chi connectivity index (χ1v) is 2.72. The molecule has 0 amide bonds. The fourth-order valence-corrected chi connectivity index (χ4v) is 0.961. The molecular weight excluding hydrogens is 100 g/mol. The lowest BCUT2D eigenvalue weighted by atomic mass is 10.4. The minimum Gasteiger partial charge on any atom is -0.168 e. The molecule has 1 aliphatic rings. The quantitative estimate of drug-likeness (QED) is 0.431. The highest BCUT2D eigenvalue weighted by Gasteiger charge is 1.99. The van der Waals surface area contributed by atoms with Crippen molar-refractivity contribution in [3.05, 3.63) is 23.8 Å². The summed E-state index contributed by atoms with van der Waals surface area (Å²) < 4.78 is 2.01. The van der Waals surface area contributed by atoms with Crippen molar-refractivity contribution in [2.75, 3.05) is 0 Å². The molecule has 1 aromatic rings. The summed E-state index contributed by atoms with van der Waals surface area (Å²) in [6.07, 6.45) is 7.28. The smallest absolute Gasteiger partial charge is 0.168 e. The zero-order chi connectivity index (χ0) is 5.40. The Labute approximate surface area is 46.8 Å². The molecule has 1 aliphatic heterocycles. The van der Waals surface area contributed by atoms with Gasteiger partial charge in [0.25, 0.3) is 0 Å². The molecule has 2 heterocycles. The third-order valence-electron chi connectivity index (χ3n) is 1.36. The van der Waals surface area contributed by atoms with Crippen LogP contribution in [-0.4, -0.2) is 5.10 Å². The minimum absolute atomic E-state index is 1.06. The van der Waals surface area contributed by atoms with E-state index in [9.17, 15) is 0 Å². The van der Waals surface area contributed by atoms with Crippen molar-refractivity contribution in [3.63, 3.8) is 0 Å². The van der Waals surface area contributed by atoms with Gasteiger partial charge in [0.1, 0.15) is 0 Å². The topological polar surface area (TPSA) is 21.7 Å². The number of aromatic amines is 1. The molecule has 0 saturated carbocycles. The Morgan fingerprint density at radius 2 is 2.62 bits per heavy atom. The minimum atomic E-state index is 1.06. The van der Waals surface area contributed by atoms with Crippen molar-refractivity contribution in [3.8, 4) is 0 Å². The van der Waals surface area contributed by atoms with Crippen LogP contribution in [0.2, 0.25) is 0 Å². The van der Waals surface area contributed by atoms with Crippen molar-refractivity contribution >= 4 is 6.08 Å². The van der Waals surface area contributed by atoms with Gasteiger partial charge in [-0.25, -0.2) is 0 Å². The lowest BCUT2D eigenvalue weighted by Crippen LogP contribution is -2.32. The van der Waals surface area contributed by atoms with E-state index in [-0.39, 0.29) is 0 Å². The van der Waals surface area contributed by atoms with E-state index in [0.717, 1.165) is 6.42 Å². The highest BCUT2D eigenvalue weighted by molar-refractivity contribution is 5.17. The third kappa shape index (κ3) is 0.346. The molecule has 0 aliphatic carbocycles. The molecule has 40 valence electrons. The molecule has 1 N–H and O–H groups in total. The summed E-state index contributed by atoms with van der Waals surface area (Å²) in [4.78, 5) is 0. The fourth-order valence-electron chi connectivity index (χ4n) is 0.961. The van der Waals surface area contributed by atoms with Gasteiger partial charge in [0.15, 0.2) is 6.21 Å². The largest absolute Gasteiger partial charge is 0.233 e. The number of nitrogens with zero attached hydrogens (tertiary/aromatic N) is 1. The van der Waals surface area contributed by atoms with Gasteiger partial charge in [-0.15, -0.1) is 0 Å². The summed E-state index contributed by atoms with van der Waals surface area (Å²) in [5.74, 6) is 0. The predicted octanol–water partition coefficient (Wildman–Crippen LogP) is -0.504. The van der Waals surface area contributed by atoms with Crippen molar-refractivity contribution < 1.29 is 4.36 Å². The van der Waals surface area contributed by atoms with E-state index in [0.29, 0.717) is 0 Å². The number of H-pyrrole nitrogens is 1. The van der Waals surface area contributed by atoms with Gasteiger partial charge in [0.05, 0.1) is 12.6 Å². The van der Waals surface area contributed by atoms with Crippen LogP contribution in [0.5, 0.6) is 0 Å². The average Bonchev–Trinajstić information content (AvgIpc) is 2.15. The molecule has 0 atom stereocenters. The van der Waals surface area contributed by atoms with Gasteiger partial charge in [-0.3, -0.25) is 0 Å². The summed E-state index contributed by atoms with van der Waals surface area (Å²) in [6, 6.07) is 2.06. The van der Waals surface area contributed by atoms with Gasteiger partial charge in [0.2, 0.25) is 5.35 Å². The normalized spacial score (nSPS) is 14.5. The molecule has 0 spiro atoms. The lowest BCUT2D eigenvalue weighted by molar-refractivity contribution is -0.583. The van der Waals surface area contributed by atoms with E-state index in [4.69, 9.17) is 0 Å². The van der Waals surface area contributed by atoms with Gasteiger partial charge >= 0.3 is 0 Å². The number of rotatable bonds is 0. The van der Waals surface area contributed by atoms with E-state index < -0.39 is 0 Å². The summed E-state index contributed by atoms with van der Waals surface area (Å²) in [6.45, 7) is 0. The van der Waals surface area contributed by atoms with Crippen LogP contribution in [0.4, 0.5) is 0 Å². The van der Waals surface area contributed by atoms with Crippen LogP contribution in [-0.2, 0) is 0 Å². The zero-order valence-corrected chi connectivity index (χ0v) is 4.46. The van der Waals surface area contributed by atoms with E-state index >= 15 is 0 Å². The summed E-state index contributed by atoms with van der Waals surface area (Å²) in [5, 5.41) is 4.32. The first-order chi connectivity index (χ1) is 3.97. The lowest BCUT2D eigenvalue weighted by Gasteiger charge is -1.57. The maximum absolute atomic E-state index is 3.05. The van der Waals surface area contributed by atoms with Crippen molar-refractivity contribution in [1.29, 1.82) is 0 Å². The predicted molar refractivity (Wildman–Crippen MR) is 29.4 cm³/mol. The highest BCUT2D eigenvalue weighted by Crippen LogP contribution is 1.79. The number of nitrogens with one attached hydrogen (secondary N) is 1. The molecule has 1 aromatic heterocycles. The molecule has 2 heteroatoms. The SMILES string of the molecule is C1=c2cc[nH][n+]2=CC1. The maximum atomic E-state index is 3.05. The van der Waals surface area contributed by atoms with Gasteiger partial charge in [-0.2, -0.15) is 5.10 Å². The first-order valence-electron chi connectivity index (χ1n) is 2.72. The van der Waals surface area contributed by atoms with Crippen LogP contribution < -0.4 is 9.71 Å². The fraction of sp³-hybridized carbons (Fsp3) is 0.167. The molecule has 0 bridgehead atoms. The van der Waals surface area contributed by atoms with Crippen LogP contribution >= 0.6 is 0 Å². The first kappa shape index (κ1) is 3.89. The molecule has 0 aromatic carbocycles. The van der Waals surface area contributed by atoms with Gasteiger partial charge in [0, 0.05) is 12.1 Å². The second-order valence-electron chi connectivity index (χ2n) is 1.88. The summed E-state index contributed by atoms with van der Waals surface area (Å²) >= 11 is 0. The van der Waals surface area contributed by atoms with Crippen molar-refractivity contribution in [2.45, 2.75) is 6.42 Å².